The number of rotatable bonds is 34. The molecule has 39 heteroatoms. The second-order valence-electron chi connectivity index (χ2n) is 37.0. The van der Waals surface area contributed by atoms with E-state index in [1.807, 2.05) is 109 Å². The highest BCUT2D eigenvalue weighted by atomic mass is 32.2. The van der Waals surface area contributed by atoms with Gasteiger partial charge < -0.3 is 79.1 Å². The SMILES string of the molecule is CO[C@H]1C[C@@H]2CC[C@@H](C)[C@@](O)(O2)C(=O)C(=O)N2CCCC[C@H]2C(=O)O[C@H]([C@H](C)C[C@@H]2CC[C@H](n3nncc3-c3cccc(-c4cnc(N5CCN(S(=O)(=O)CCc6cn(CCOCCOCCOCCCCC(=O)NCCCCn7nc(-c8ccc9oc(N)nc9c8)c8c(N)ncnc87)nn6)CC5)nc4)c3)[C@H](OC)C2)CC(=O)[C@H](C)/C=C(\C)[C@@H](O)[C@@H](OC)C(=O)[C@H](C)C[C@H](C)/C=C/C=C/C=C/1C. The highest BCUT2D eigenvalue weighted by molar-refractivity contribution is 7.89. The monoisotopic (exact) mass is 1910 g/mol. The Morgan fingerprint density at radius 3 is 2.28 bits per heavy atom. The number of piperazine rings is 1. The Hall–Kier alpha value is -10.9. The van der Waals surface area contributed by atoms with Crippen LogP contribution in [0.15, 0.2) is 126 Å². The van der Waals surface area contributed by atoms with E-state index in [0.717, 1.165) is 52.8 Å². The second-order valence-corrected chi connectivity index (χ2v) is 39.1. The van der Waals surface area contributed by atoms with E-state index in [0.29, 0.717) is 194 Å². The van der Waals surface area contributed by atoms with Crippen LogP contribution in [0.3, 0.4) is 0 Å². The van der Waals surface area contributed by atoms with Crippen LogP contribution in [0.2, 0.25) is 0 Å². The highest BCUT2D eigenvalue weighted by Gasteiger charge is 2.53. The number of carbonyl (C=O) groups is 6. The number of allylic oxidation sites excluding steroid dienone is 6. The zero-order chi connectivity index (χ0) is 97.5. The van der Waals surface area contributed by atoms with Crippen molar-refractivity contribution in [2.45, 2.75) is 232 Å². The number of nitrogen functional groups attached to an aromatic ring is 2. The summed E-state index contributed by atoms with van der Waals surface area (Å²) in [5, 5.41) is 50.0. The average Bonchev–Trinajstić information content (AvgIpc) is 1.48. The molecule has 8 aromatic rings. The molecule has 742 valence electrons. The van der Waals surface area contributed by atoms with Crippen LogP contribution in [-0.2, 0) is 96.2 Å². The van der Waals surface area contributed by atoms with Crippen LogP contribution in [-0.4, -0.2) is 282 Å². The van der Waals surface area contributed by atoms with Gasteiger partial charge in [-0.2, -0.15) is 14.4 Å². The van der Waals surface area contributed by atoms with Crippen molar-refractivity contribution in [2.24, 2.45) is 35.5 Å². The van der Waals surface area contributed by atoms with E-state index in [1.54, 1.807) is 76.6 Å². The predicted octanol–water partition coefficient (Wildman–Crippen LogP) is 9.99. The standard InChI is InChI=1S/C98H135N19O19S/c1-62-21-12-11-13-22-63(2)82(128-8)55-75-30-27-68(7)98(125,136-75)91(122)94(123)115-35-17-14-25-78(115)95(124)134-83(56-80(118)64(3)50-67(6)89(121)90(130-10)88(120)66(5)49-62)65(4)51-69-28-31-77(84(52-69)129-9)117-79(59-106-110-117)71-24-20-23-70(53-71)73-57-102-97(103-58-73)112-37-39-114(40-38-112)137(126,127)48-33-74-60-113(111-108-74)41-43-132-45-47-133-46-44-131-42-19-15-26-85(119)101-34-16-18-36-116-93-86(92(99)104-61-105-93)87(109-116)72-29-32-81-76(54-72)107-96(100)135-81/h11-13,20-24,29,32,50,53-54,57-62,64-66,68-69,75,77-78,82-84,89-90,121,125H,14-19,25-28,30-31,33-49,51-52,55-56H2,1-10H3,(H2,100,107)(H,101,119)(H2,99,104,105)/b13-11+,21-12+,63-22+,67-50+/t62-,64-,65-,66-,68-,69+,75+,77+,78+,82+,83+,84-,89-,90+,98-/m1/s1. The average molecular weight is 1920 g/mol. The minimum atomic E-state index is -3.64. The lowest BCUT2D eigenvalue weighted by Crippen LogP contribution is -2.61. The predicted molar refractivity (Wildman–Crippen MR) is 512 cm³/mol. The van der Waals surface area contributed by atoms with E-state index in [9.17, 15) is 47.4 Å². The van der Waals surface area contributed by atoms with Gasteiger partial charge in [0.05, 0.1) is 92.7 Å². The summed E-state index contributed by atoms with van der Waals surface area (Å²) in [5.74, 6) is -7.93. The summed E-state index contributed by atoms with van der Waals surface area (Å²) in [7, 11) is 0.976. The van der Waals surface area contributed by atoms with Crippen LogP contribution in [0, 0.1) is 35.5 Å². The van der Waals surface area contributed by atoms with Crippen molar-refractivity contribution in [2.75, 3.05) is 122 Å². The molecular formula is C98H135N19O19S. The Labute approximate surface area is 799 Å². The van der Waals surface area contributed by atoms with E-state index in [1.165, 1.54) is 22.6 Å². The van der Waals surface area contributed by atoms with Gasteiger partial charge in [-0.25, -0.2) is 47.2 Å². The molecule has 1 saturated carbocycles. The number of amides is 2. The number of anilines is 3. The normalized spacial score (nSPS) is 26.4. The smallest absolute Gasteiger partial charge is 0.329 e. The molecule has 15 atom stereocenters. The Morgan fingerprint density at radius 1 is 0.752 bits per heavy atom. The number of nitrogens with zero attached hydrogens (tertiary/aromatic N) is 16. The number of nitrogens with one attached hydrogen (secondary N) is 1. The third kappa shape index (κ3) is 27.0. The van der Waals surface area contributed by atoms with Gasteiger partial charge in [0.2, 0.25) is 27.7 Å². The minimum absolute atomic E-state index is 0.00928. The maximum absolute atomic E-state index is 15.0. The number of piperidine rings is 1. The lowest BCUT2D eigenvalue weighted by atomic mass is 9.77. The molecule has 5 aliphatic rings. The summed E-state index contributed by atoms with van der Waals surface area (Å²) in [6.07, 6.45) is 23.0. The van der Waals surface area contributed by atoms with Crippen molar-refractivity contribution in [3.8, 4) is 33.6 Å². The maximum Gasteiger partial charge on any atom is 0.329 e. The van der Waals surface area contributed by atoms with Crippen LogP contribution < -0.4 is 21.7 Å². The first-order chi connectivity index (χ1) is 66.0. The molecule has 4 fully saturated rings. The van der Waals surface area contributed by atoms with E-state index >= 15 is 0 Å². The van der Waals surface area contributed by atoms with Crippen molar-refractivity contribution in [3.63, 3.8) is 0 Å². The number of Topliss-reactive ketones (excluding diaryl/α,β-unsaturated/α-hetero) is 3. The fourth-order valence-electron chi connectivity index (χ4n) is 19.0. The van der Waals surface area contributed by atoms with Crippen molar-refractivity contribution in [1.29, 1.82) is 0 Å². The van der Waals surface area contributed by atoms with E-state index < -0.39 is 93.7 Å². The van der Waals surface area contributed by atoms with Crippen molar-refractivity contribution >= 4 is 85.1 Å². The van der Waals surface area contributed by atoms with Crippen LogP contribution in [0.5, 0.6) is 0 Å². The first-order valence-corrected chi connectivity index (χ1v) is 49.7. The number of aryl methyl sites for hydroxylation is 2. The molecule has 2 aromatic carbocycles. The van der Waals surface area contributed by atoms with Crippen molar-refractivity contribution in [1.82, 2.24) is 79.2 Å². The number of nitrogens with two attached hydrogens (primary N) is 2. The van der Waals surface area contributed by atoms with Gasteiger partial charge in [0.25, 0.3) is 17.7 Å². The molecule has 0 radical (unpaired) electrons. The number of hydrogen-bond donors (Lipinski definition) is 5. The van der Waals surface area contributed by atoms with Gasteiger partial charge >= 0.3 is 5.97 Å². The first kappa shape index (κ1) is 104. The van der Waals surface area contributed by atoms with Crippen molar-refractivity contribution < 1.29 is 89.7 Å². The van der Waals surface area contributed by atoms with Gasteiger partial charge in [-0.1, -0.05) is 99.7 Å². The molecule has 3 saturated heterocycles. The number of ketones is 3. The fraction of sp³-hybridized carbons (Fsp3) is 0.592. The summed E-state index contributed by atoms with van der Waals surface area (Å²) in [6, 6.07) is 12.1. The number of unbranched alkanes of at least 4 members (excludes halogenated alkanes) is 2. The molecule has 2 bridgehead atoms. The number of benzene rings is 2. The molecule has 1 aliphatic carbocycles. The van der Waals surface area contributed by atoms with Crippen LogP contribution in [0.4, 0.5) is 17.8 Å². The first-order valence-electron chi connectivity index (χ1n) is 48.1. The number of aliphatic hydroxyl groups excluding tert-OH is 1. The molecular weight excluding hydrogens is 1780 g/mol. The van der Waals surface area contributed by atoms with Gasteiger partial charge in [-0.05, 0) is 162 Å². The zero-order valence-corrected chi connectivity index (χ0v) is 81.2. The molecule has 4 aliphatic heterocycles. The molecule has 38 nitrogen and oxygen atoms in total. The quantitative estimate of drug-likeness (QED) is 0.0108. The Kier molecular flexibility index (Phi) is 37.1. The fourth-order valence-corrected chi connectivity index (χ4v) is 20.5. The number of aliphatic hydroxyl groups is 2. The second kappa shape index (κ2) is 49.1. The van der Waals surface area contributed by atoms with E-state index in [2.05, 4.69) is 40.9 Å². The number of carbonyl (C=O) groups excluding carboxylic acids is 6. The van der Waals surface area contributed by atoms with Gasteiger partial charge in [-0.3, -0.25) is 24.0 Å². The molecule has 0 spiro atoms. The van der Waals surface area contributed by atoms with E-state index in [4.69, 9.17) is 68.8 Å². The minimum Gasteiger partial charge on any atom is -0.460 e. The summed E-state index contributed by atoms with van der Waals surface area (Å²) in [6.45, 7) is 18.0. The van der Waals surface area contributed by atoms with Gasteiger partial charge in [0.15, 0.2) is 17.0 Å². The lowest BCUT2D eigenvalue weighted by Gasteiger charge is -2.42. The van der Waals surface area contributed by atoms with Crippen LogP contribution in [0.25, 0.3) is 55.8 Å². The number of oxazole rings is 1. The Bertz CT molecular complexity index is 5630. The third-order valence-electron chi connectivity index (χ3n) is 27.1. The molecule has 10 heterocycles. The number of cyclic esters (lactones) is 1. The summed E-state index contributed by atoms with van der Waals surface area (Å²) in [4.78, 5) is 111. The van der Waals surface area contributed by atoms with Gasteiger partial charge in [0, 0.05) is 152 Å². The Morgan fingerprint density at radius 2 is 1.52 bits per heavy atom. The molecule has 7 N–H and O–H groups in total. The van der Waals surface area contributed by atoms with Crippen molar-refractivity contribution in [3.05, 3.63) is 127 Å². The highest BCUT2D eigenvalue weighted by Crippen LogP contribution is 2.43. The number of ether oxygens (including phenoxy) is 8. The molecule has 13 rings (SSSR count). The summed E-state index contributed by atoms with van der Waals surface area (Å²) < 4.78 is 87.5. The zero-order valence-electron chi connectivity index (χ0n) is 80.4. The topological polar surface area (TPSA) is 481 Å². The number of aromatic nitrogens is 13. The van der Waals surface area contributed by atoms with Gasteiger partial charge in [0.1, 0.15) is 53.5 Å². The van der Waals surface area contributed by atoms with Gasteiger partial charge in [-0.15, -0.1) is 10.2 Å². The van der Waals surface area contributed by atoms with Crippen LogP contribution in [0.1, 0.15) is 169 Å². The molecule has 6 aromatic heterocycles. The molecule has 137 heavy (non-hydrogen) atoms. The van der Waals surface area contributed by atoms with E-state index in [-0.39, 0.29) is 98.5 Å². The molecule has 0 unspecified atom stereocenters. The van der Waals surface area contributed by atoms with Crippen LogP contribution >= 0.6 is 0 Å². The third-order valence-corrected chi connectivity index (χ3v) is 29.0. The number of esters is 1. The molecule has 2 amide bonds. The maximum atomic E-state index is 15.0. The lowest BCUT2D eigenvalue weighted by molar-refractivity contribution is -0.265. The number of methoxy groups -OCH3 is 3. The number of sulfonamides is 1. The summed E-state index contributed by atoms with van der Waals surface area (Å²) in [5.41, 5.74) is 20.2. The summed E-state index contributed by atoms with van der Waals surface area (Å²) >= 11 is 0. The largest absolute Gasteiger partial charge is 0.460 e. The number of fused-ring (bicyclic) bond motifs is 5. The Balaban J connectivity index is 0.533. The number of hydrogen-bond acceptors (Lipinski definition) is 32.